The fourth-order valence-electron chi connectivity index (χ4n) is 2.69. The number of thiophene rings is 1. The van der Waals surface area contributed by atoms with Crippen molar-refractivity contribution in [3.63, 3.8) is 0 Å². The molecule has 2 nitrogen and oxygen atoms in total. The number of aryl methyl sites for hydroxylation is 1. The van der Waals surface area contributed by atoms with E-state index in [0.717, 1.165) is 6.42 Å². The minimum Gasteiger partial charge on any atom is -0.375 e. The predicted octanol–water partition coefficient (Wildman–Crippen LogP) is 3.31. The molecule has 1 aromatic rings. The maximum absolute atomic E-state index is 12.2. The average Bonchev–Trinajstić information content (AvgIpc) is 2.86. The zero-order valence-electron chi connectivity index (χ0n) is 10.7. The average molecular weight is 252 g/mol. The van der Waals surface area contributed by atoms with Gasteiger partial charge in [0, 0.05) is 17.2 Å². The maximum atomic E-state index is 12.2. The lowest BCUT2D eigenvalue weighted by Gasteiger charge is -2.16. The number of rotatable bonds is 4. The van der Waals surface area contributed by atoms with Gasteiger partial charge in [-0.25, -0.2) is 0 Å². The van der Waals surface area contributed by atoms with Crippen LogP contribution in [0, 0.1) is 11.8 Å². The van der Waals surface area contributed by atoms with E-state index in [1.54, 1.807) is 11.3 Å². The van der Waals surface area contributed by atoms with Gasteiger partial charge in [0.25, 0.3) is 0 Å². The lowest BCUT2D eigenvalue weighted by Crippen LogP contribution is -2.26. The van der Waals surface area contributed by atoms with Crippen LogP contribution in [0.25, 0.3) is 0 Å². The fourth-order valence-corrected chi connectivity index (χ4v) is 3.40. The zero-order chi connectivity index (χ0) is 12.4. The molecule has 3 heteroatoms. The van der Waals surface area contributed by atoms with Crippen LogP contribution in [0.5, 0.6) is 0 Å². The third-order valence-electron chi connectivity index (χ3n) is 3.81. The van der Waals surface area contributed by atoms with Crippen LogP contribution in [0.3, 0.4) is 0 Å². The molecule has 2 heterocycles. The summed E-state index contributed by atoms with van der Waals surface area (Å²) in [5, 5.41) is 2.06. The highest BCUT2D eigenvalue weighted by atomic mass is 32.1. The molecule has 1 aliphatic heterocycles. The van der Waals surface area contributed by atoms with Crippen molar-refractivity contribution in [3.8, 4) is 0 Å². The van der Waals surface area contributed by atoms with Gasteiger partial charge in [-0.3, -0.25) is 4.79 Å². The molecule has 0 aliphatic carbocycles. The van der Waals surface area contributed by atoms with Crippen molar-refractivity contribution in [2.24, 2.45) is 11.8 Å². The second-order valence-corrected chi connectivity index (χ2v) is 6.01. The molecule has 0 N–H and O–H groups in total. The molecule has 4 unspecified atom stereocenters. The molecule has 1 aromatic heterocycles. The first kappa shape index (κ1) is 12.8. The Morgan fingerprint density at radius 3 is 2.65 bits per heavy atom. The van der Waals surface area contributed by atoms with Crippen LogP contribution in [-0.4, -0.2) is 18.0 Å². The van der Waals surface area contributed by atoms with Crippen molar-refractivity contribution in [1.29, 1.82) is 0 Å². The molecule has 1 fully saturated rings. The first-order chi connectivity index (χ1) is 8.09. The summed E-state index contributed by atoms with van der Waals surface area (Å²) in [6.07, 6.45) is 1.81. The van der Waals surface area contributed by atoms with E-state index in [4.69, 9.17) is 4.74 Å². The molecule has 1 saturated heterocycles. The summed E-state index contributed by atoms with van der Waals surface area (Å²) in [6, 6.07) is 4.13. The van der Waals surface area contributed by atoms with E-state index in [-0.39, 0.29) is 18.1 Å². The van der Waals surface area contributed by atoms with Gasteiger partial charge in [-0.2, -0.15) is 0 Å². The Kier molecular flexibility index (Phi) is 4.00. The Balaban J connectivity index is 1.91. The molecule has 17 heavy (non-hydrogen) atoms. The minimum absolute atomic E-state index is 0.0795. The van der Waals surface area contributed by atoms with Crippen LogP contribution in [0.4, 0.5) is 0 Å². The molecule has 1 aliphatic rings. The van der Waals surface area contributed by atoms with Crippen LogP contribution >= 0.6 is 11.3 Å². The van der Waals surface area contributed by atoms with Crippen molar-refractivity contribution in [3.05, 3.63) is 22.4 Å². The first-order valence-electron chi connectivity index (χ1n) is 6.30. The maximum Gasteiger partial charge on any atom is 0.139 e. The number of ketones is 1. The molecular formula is C14H20O2S. The van der Waals surface area contributed by atoms with Gasteiger partial charge in [-0.05, 0) is 37.6 Å². The monoisotopic (exact) mass is 252 g/mol. The number of hydrogen-bond donors (Lipinski definition) is 0. The summed E-state index contributed by atoms with van der Waals surface area (Å²) < 4.78 is 5.73. The first-order valence-corrected chi connectivity index (χ1v) is 7.18. The van der Waals surface area contributed by atoms with E-state index in [2.05, 4.69) is 25.3 Å². The van der Waals surface area contributed by atoms with E-state index in [1.165, 1.54) is 4.88 Å². The third-order valence-corrected chi connectivity index (χ3v) is 4.75. The van der Waals surface area contributed by atoms with E-state index in [1.807, 2.05) is 13.0 Å². The molecule has 0 radical (unpaired) electrons. The van der Waals surface area contributed by atoms with E-state index < -0.39 is 0 Å². The van der Waals surface area contributed by atoms with Crippen molar-refractivity contribution in [2.45, 2.75) is 45.8 Å². The summed E-state index contributed by atoms with van der Waals surface area (Å²) in [5.41, 5.74) is 0. The second kappa shape index (κ2) is 5.32. The van der Waals surface area contributed by atoms with Gasteiger partial charge in [0.2, 0.25) is 0 Å². The van der Waals surface area contributed by atoms with Gasteiger partial charge in [0.05, 0.1) is 12.2 Å². The van der Waals surface area contributed by atoms with Gasteiger partial charge >= 0.3 is 0 Å². The Morgan fingerprint density at radius 2 is 2.12 bits per heavy atom. The van der Waals surface area contributed by atoms with Crippen LogP contribution in [0.2, 0.25) is 0 Å². The van der Waals surface area contributed by atoms with E-state index in [0.29, 0.717) is 18.1 Å². The number of hydrogen-bond acceptors (Lipinski definition) is 3. The minimum atomic E-state index is 0.0795. The van der Waals surface area contributed by atoms with Gasteiger partial charge in [-0.15, -0.1) is 11.3 Å². The third kappa shape index (κ3) is 2.78. The molecule has 0 aromatic carbocycles. The molecular weight excluding hydrogens is 232 g/mol. The molecule has 0 bridgehead atoms. The highest BCUT2D eigenvalue weighted by molar-refractivity contribution is 7.09. The number of ether oxygens (including phenoxy) is 1. The fraction of sp³-hybridized carbons (Fsp3) is 0.643. The molecule has 0 amide bonds. The van der Waals surface area contributed by atoms with Gasteiger partial charge in [0.15, 0.2) is 0 Å². The Bertz CT molecular complexity index is 372. The standard InChI is InChI=1S/C14H20O2S/c1-9-10(2)16-11(3)14(9)13(15)7-6-12-5-4-8-17-12/h4-5,8-11,14H,6-7H2,1-3H3. The normalized spacial score (nSPS) is 32.9. The lowest BCUT2D eigenvalue weighted by molar-refractivity contribution is -0.124. The summed E-state index contributed by atoms with van der Waals surface area (Å²) in [4.78, 5) is 13.5. The van der Waals surface area contributed by atoms with Crippen molar-refractivity contribution in [1.82, 2.24) is 0 Å². The van der Waals surface area contributed by atoms with Gasteiger partial charge in [-0.1, -0.05) is 13.0 Å². The van der Waals surface area contributed by atoms with Crippen LogP contribution < -0.4 is 0 Å². The van der Waals surface area contributed by atoms with Crippen LogP contribution in [-0.2, 0) is 16.0 Å². The smallest absolute Gasteiger partial charge is 0.139 e. The summed E-state index contributed by atoms with van der Waals surface area (Å²) in [6.45, 7) is 6.21. The largest absolute Gasteiger partial charge is 0.375 e. The van der Waals surface area contributed by atoms with Crippen molar-refractivity contribution < 1.29 is 9.53 Å². The van der Waals surface area contributed by atoms with E-state index in [9.17, 15) is 4.79 Å². The molecule has 2 rings (SSSR count). The summed E-state index contributed by atoms with van der Waals surface area (Å²) >= 11 is 1.73. The second-order valence-electron chi connectivity index (χ2n) is 4.98. The van der Waals surface area contributed by atoms with Gasteiger partial charge in [0.1, 0.15) is 5.78 Å². The predicted molar refractivity (Wildman–Crippen MR) is 70.3 cm³/mol. The Hall–Kier alpha value is -0.670. The quantitative estimate of drug-likeness (QED) is 0.821. The van der Waals surface area contributed by atoms with Crippen LogP contribution in [0.1, 0.15) is 32.1 Å². The topological polar surface area (TPSA) is 26.3 Å². The number of carbonyl (C=O) groups excluding carboxylic acids is 1. The highest BCUT2D eigenvalue weighted by Crippen LogP contribution is 2.33. The van der Waals surface area contributed by atoms with E-state index >= 15 is 0 Å². The lowest BCUT2D eigenvalue weighted by atomic mass is 9.84. The Morgan fingerprint density at radius 1 is 1.35 bits per heavy atom. The molecule has 94 valence electrons. The van der Waals surface area contributed by atoms with Crippen LogP contribution in [0.15, 0.2) is 17.5 Å². The molecule has 4 atom stereocenters. The van der Waals surface area contributed by atoms with Gasteiger partial charge < -0.3 is 4.74 Å². The SMILES string of the molecule is CC1OC(C)C(C(=O)CCc2cccs2)C1C. The molecule has 0 spiro atoms. The summed E-state index contributed by atoms with van der Waals surface area (Å²) in [7, 11) is 0. The number of carbonyl (C=O) groups is 1. The number of Topliss-reactive ketones (excluding diaryl/α,β-unsaturated/α-hetero) is 1. The zero-order valence-corrected chi connectivity index (χ0v) is 11.5. The molecule has 0 saturated carbocycles. The van der Waals surface area contributed by atoms with Crippen molar-refractivity contribution in [2.75, 3.05) is 0 Å². The summed E-state index contributed by atoms with van der Waals surface area (Å²) in [5.74, 6) is 0.800. The van der Waals surface area contributed by atoms with Crippen molar-refractivity contribution >= 4 is 17.1 Å². The highest BCUT2D eigenvalue weighted by Gasteiger charge is 2.40. The Labute approximate surface area is 107 Å².